The number of thioether (sulfide) groups is 2. The van der Waals surface area contributed by atoms with Gasteiger partial charge in [-0.25, -0.2) is 0 Å². The normalized spacial score (nSPS) is 22.4. The van der Waals surface area contributed by atoms with Crippen LogP contribution in [0.4, 0.5) is 0 Å². The lowest BCUT2D eigenvalue weighted by Gasteiger charge is -2.29. The van der Waals surface area contributed by atoms with Gasteiger partial charge >= 0.3 is 0 Å². The van der Waals surface area contributed by atoms with Gasteiger partial charge < -0.3 is 9.47 Å². The van der Waals surface area contributed by atoms with E-state index in [0.29, 0.717) is 22.3 Å². The van der Waals surface area contributed by atoms with Crippen molar-refractivity contribution in [2.45, 2.75) is 23.8 Å². The molecule has 0 saturated carbocycles. The highest BCUT2D eigenvalue weighted by atomic mass is 32.2. The quantitative estimate of drug-likeness (QED) is 0.777. The zero-order chi connectivity index (χ0) is 14.5. The minimum atomic E-state index is 0.0287. The Labute approximate surface area is 128 Å². The van der Waals surface area contributed by atoms with E-state index in [-0.39, 0.29) is 11.0 Å². The number of methoxy groups -OCH3 is 2. The standard InChI is InChI=1S/C15H20O3S2/c1-4-13-15(20-8-7-19-13)14(16)11-6-5-10(17-2)9-12(11)18-3/h5-6,9,13,15H,4,7-8H2,1-3H3. The van der Waals surface area contributed by atoms with Crippen LogP contribution in [0.2, 0.25) is 0 Å². The van der Waals surface area contributed by atoms with Crippen LogP contribution >= 0.6 is 23.5 Å². The molecular formula is C15H20O3S2. The average molecular weight is 312 g/mol. The Kier molecular flexibility index (Phi) is 5.66. The van der Waals surface area contributed by atoms with Crippen LogP contribution in [0.25, 0.3) is 0 Å². The van der Waals surface area contributed by atoms with E-state index >= 15 is 0 Å². The molecule has 3 nitrogen and oxygen atoms in total. The first-order valence-electron chi connectivity index (χ1n) is 6.70. The lowest BCUT2D eigenvalue weighted by Crippen LogP contribution is -2.33. The summed E-state index contributed by atoms with van der Waals surface area (Å²) in [6.45, 7) is 2.15. The van der Waals surface area contributed by atoms with Gasteiger partial charge in [-0.1, -0.05) is 6.92 Å². The van der Waals surface area contributed by atoms with Crippen LogP contribution in [0.1, 0.15) is 23.7 Å². The zero-order valence-corrected chi connectivity index (χ0v) is 13.7. The molecule has 1 saturated heterocycles. The van der Waals surface area contributed by atoms with Crippen molar-refractivity contribution in [1.29, 1.82) is 0 Å². The summed E-state index contributed by atoms with van der Waals surface area (Å²) in [5, 5.41) is 0.425. The predicted molar refractivity (Wildman–Crippen MR) is 86.7 cm³/mol. The molecule has 0 radical (unpaired) electrons. The van der Waals surface area contributed by atoms with Gasteiger partial charge in [0.1, 0.15) is 11.5 Å². The van der Waals surface area contributed by atoms with E-state index in [4.69, 9.17) is 9.47 Å². The first-order chi connectivity index (χ1) is 9.71. The van der Waals surface area contributed by atoms with E-state index in [1.165, 1.54) is 0 Å². The van der Waals surface area contributed by atoms with E-state index in [1.807, 2.05) is 23.9 Å². The van der Waals surface area contributed by atoms with E-state index in [2.05, 4.69) is 6.92 Å². The summed E-state index contributed by atoms with van der Waals surface area (Å²) >= 11 is 3.68. The van der Waals surface area contributed by atoms with Crippen LogP contribution in [0, 0.1) is 0 Å². The fourth-order valence-electron chi connectivity index (χ4n) is 2.30. The summed E-state index contributed by atoms with van der Waals surface area (Å²) in [6.07, 6.45) is 1.02. The topological polar surface area (TPSA) is 35.5 Å². The van der Waals surface area contributed by atoms with Crippen LogP contribution in [-0.2, 0) is 0 Å². The van der Waals surface area contributed by atoms with Gasteiger partial charge in [0.05, 0.1) is 25.0 Å². The molecule has 2 atom stereocenters. The third-order valence-electron chi connectivity index (χ3n) is 3.39. The smallest absolute Gasteiger partial charge is 0.180 e. The molecule has 0 aliphatic carbocycles. The Hall–Kier alpha value is -0.810. The Balaban J connectivity index is 2.27. The fraction of sp³-hybridized carbons (Fsp3) is 0.533. The number of hydrogen-bond acceptors (Lipinski definition) is 5. The molecule has 0 N–H and O–H groups in total. The molecule has 1 aliphatic rings. The number of rotatable bonds is 5. The molecule has 0 spiro atoms. The lowest BCUT2D eigenvalue weighted by molar-refractivity contribution is 0.0985. The maximum Gasteiger partial charge on any atom is 0.180 e. The number of ether oxygens (including phenoxy) is 2. The van der Waals surface area contributed by atoms with Crippen molar-refractivity contribution < 1.29 is 14.3 Å². The number of hydrogen-bond donors (Lipinski definition) is 0. The predicted octanol–water partition coefficient (Wildman–Crippen LogP) is 3.51. The van der Waals surface area contributed by atoms with Crippen molar-refractivity contribution in [2.24, 2.45) is 0 Å². The van der Waals surface area contributed by atoms with Crippen molar-refractivity contribution in [3.63, 3.8) is 0 Å². The molecule has 0 amide bonds. The van der Waals surface area contributed by atoms with Gasteiger partial charge in [-0.3, -0.25) is 4.79 Å². The second kappa shape index (κ2) is 7.27. The van der Waals surface area contributed by atoms with E-state index in [0.717, 1.165) is 17.9 Å². The Morgan fingerprint density at radius 2 is 2.00 bits per heavy atom. The minimum Gasteiger partial charge on any atom is -0.497 e. The second-order valence-electron chi connectivity index (χ2n) is 4.54. The molecule has 1 aliphatic heterocycles. The molecule has 20 heavy (non-hydrogen) atoms. The van der Waals surface area contributed by atoms with Crippen LogP contribution < -0.4 is 9.47 Å². The number of benzene rings is 1. The van der Waals surface area contributed by atoms with Gasteiger partial charge in [-0.05, 0) is 18.6 Å². The fourth-order valence-corrected chi connectivity index (χ4v) is 5.32. The third kappa shape index (κ3) is 3.26. The lowest BCUT2D eigenvalue weighted by atomic mass is 10.0. The number of Topliss-reactive ketones (excluding diaryl/α,β-unsaturated/α-hetero) is 1. The summed E-state index contributed by atoms with van der Waals surface area (Å²) < 4.78 is 10.5. The van der Waals surface area contributed by atoms with Crippen molar-refractivity contribution in [3.05, 3.63) is 23.8 Å². The van der Waals surface area contributed by atoms with Crippen LogP contribution in [0.3, 0.4) is 0 Å². The maximum absolute atomic E-state index is 12.8. The van der Waals surface area contributed by atoms with Gasteiger partial charge in [-0.15, -0.1) is 11.8 Å². The summed E-state index contributed by atoms with van der Waals surface area (Å²) in [6, 6.07) is 5.40. The van der Waals surface area contributed by atoms with Crippen molar-refractivity contribution in [2.75, 3.05) is 25.7 Å². The number of carbonyl (C=O) groups excluding carboxylic acids is 1. The second-order valence-corrected chi connectivity index (χ2v) is 7.14. The summed E-state index contributed by atoms with van der Waals surface area (Å²) in [4.78, 5) is 12.8. The highest BCUT2D eigenvalue weighted by Gasteiger charge is 2.33. The van der Waals surface area contributed by atoms with Crippen LogP contribution in [0.5, 0.6) is 11.5 Å². The van der Waals surface area contributed by atoms with Crippen molar-refractivity contribution in [1.82, 2.24) is 0 Å². The Bertz CT molecular complexity index is 476. The van der Waals surface area contributed by atoms with Crippen molar-refractivity contribution in [3.8, 4) is 11.5 Å². The third-order valence-corrected chi connectivity index (χ3v) is 6.63. The van der Waals surface area contributed by atoms with E-state index in [9.17, 15) is 4.79 Å². The molecule has 5 heteroatoms. The summed E-state index contributed by atoms with van der Waals surface area (Å²) in [5.74, 6) is 3.65. The molecular weight excluding hydrogens is 292 g/mol. The van der Waals surface area contributed by atoms with Crippen LogP contribution in [-0.4, -0.2) is 42.0 Å². The Morgan fingerprint density at radius 1 is 1.25 bits per heavy atom. The van der Waals surface area contributed by atoms with E-state index < -0.39 is 0 Å². The molecule has 1 aromatic carbocycles. The van der Waals surface area contributed by atoms with Gasteiger partial charge in [0.25, 0.3) is 0 Å². The highest BCUT2D eigenvalue weighted by molar-refractivity contribution is 8.07. The molecule has 2 unspecified atom stereocenters. The number of carbonyl (C=O) groups is 1. The molecule has 1 fully saturated rings. The van der Waals surface area contributed by atoms with Gasteiger partial charge in [-0.2, -0.15) is 11.8 Å². The molecule has 1 heterocycles. The molecule has 0 bridgehead atoms. The van der Waals surface area contributed by atoms with Gasteiger partial charge in [0.2, 0.25) is 0 Å². The largest absolute Gasteiger partial charge is 0.497 e. The van der Waals surface area contributed by atoms with Crippen LogP contribution in [0.15, 0.2) is 18.2 Å². The zero-order valence-electron chi connectivity index (χ0n) is 12.0. The molecule has 0 aromatic heterocycles. The summed E-state index contributed by atoms with van der Waals surface area (Å²) in [5.41, 5.74) is 0.659. The molecule has 1 aromatic rings. The van der Waals surface area contributed by atoms with Crippen molar-refractivity contribution >= 4 is 29.3 Å². The SMILES string of the molecule is CCC1SCCSC1C(=O)c1ccc(OC)cc1OC. The van der Waals surface area contributed by atoms with Gasteiger partial charge in [0, 0.05) is 22.8 Å². The number of ketones is 1. The van der Waals surface area contributed by atoms with E-state index in [1.54, 1.807) is 32.0 Å². The minimum absolute atomic E-state index is 0.0287. The first kappa shape index (κ1) is 15.6. The first-order valence-corrected chi connectivity index (χ1v) is 8.80. The summed E-state index contributed by atoms with van der Waals surface area (Å²) in [7, 11) is 3.20. The maximum atomic E-state index is 12.8. The Morgan fingerprint density at radius 3 is 2.65 bits per heavy atom. The molecule has 110 valence electrons. The average Bonchev–Trinajstić information content (AvgIpc) is 2.53. The monoisotopic (exact) mass is 312 g/mol. The highest BCUT2D eigenvalue weighted by Crippen LogP contribution is 2.37. The van der Waals surface area contributed by atoms with Gasteiger partial charge in [0.15, 0.2) is 5.78 Å². The molecule has 2 rings (SSSR count).